The van der Waals surface area contributed by atoms with Crippen molar-refractivity contribution in [1.29, 1.82) is 0 Å². The molecule has 0 radical (unpaired) electrons. The Balaban J connectivity index is 2.78. The van der Waals surface area contributed by atoms with Gasteiger partial charge >= 0.3 is 0 Å². The molecule has 2 heteroatoms. The normalized spacial score (nSPS) is 9.62. The smallest absolute Gasteiger partial charge is 0.0249 e. The van der Waals surface area contributed by atoms with Gasteiger partial charge in [0.1, 0.15) is 0 Å². The highest BCUT2D eigenvalue weighted by Gasteiger charge is 1.86. The molecule has 78 valence electrons. The second kappa shape index (κ2) is 7.66. The highest BCUT2D eigenvalue weighted by atomic mass is 35.5. The van der Waals surface area contributed by atoms with E-state index in [1.54, 1.807) is 12.2 Å². The molecule has 0 aliphatic rings. The number of hydrogen-bond donors (Lipinski definition) is 0. The summed E-state index contributed by atoms with van der Waals surface area (Å²) in [5, 5.41) is 0. The second-order valence-corrected chi connectivity index (χ2v) is 3.21. The molecule has 0 aliphatic carbocycles. The maximum atomic E-state index is 5.35. The first-order valence-electron chi connectivity index (χ1n) is 4.50. The van der Waals surface area contributed by atoms with Gasteiger partial charge in [-0.15, -0.1) is 0 Å². The fraction of sp³-hybridized carbons (Fsp3) is 0. The average Bonchev–Trinajstić information content (AvgIpc) is 2.32. The van der Waals surface area contributed by atoms with Crippen LogP contribution in [0.5, 0.6) is 0 Å². The molecule has 16 heavy (non-hydrogen) atoms. The van der Waals surface area contributed by atoms with Gasteiger partial charge < -0.3 is 0 Å². The third-order valence-corrected chi connectivity index (χ3v) is 1.86. The van der Waals surface area contributed by atoms with E-state index in [0.29, 0.717) is 0 Å². The topological polar surface area (TPSA) is 0 Å². The van der Waals surface area contributed by atoms with E-state index >= 15 is 0 Å². The average molecular weight is 247 g/mol. The maximum absolute atomic E-state index is 5.35. The molecule has 0 atom stereocenters. The van der Waals surface area contributed by atoms with Gasteiger partial charge in [-0.25, -0.2) is 0 Å². The second-order valence-electron chi connectivity index (χ2n) is 2.70. The summed E-state index contributed by atoms with van der Waals surface area (Å²) in [6.07, 6.45) is 3.17. The molecule has 0 heterocycles. The molecule has 0 nitrogen and oxygen atoms in total. The van der Waals surface area contributed by atoms with Gasteiger partial charge in [-0.2, -0.15) is 0 Å². The largest absolute Gasteiger partial charge is 0.0923 e. The third-order valence-electron chi connectivity index (χ3n) is 1.61. The van der Waals surface area contributed by atoms with Crippen molar-refractivity contribution in [3.05, 3.63) is 58.6 Å². The molecule has 0 fully saturated rings. The van der Waals surface area contributed by atoms with Gasteiger partial charge in [0.05, 0.1) is 0 Å². The van der Waals surface area contributed by atoms with E-state index in [9.17, 15) is 0 Å². The molecule has 0 spiro atoms. The van der Waals surface area contributed by atoms with E-state index in [2.05, 4.69) is 23.7 Å². The summed E-state index contributed by atoms with van der Waals surface area (Å²) in [5.74, 6) is 11.5. The van der Waals surface area contributed by atoms with E-state index in [1.807, 2.05) is 24.3 Å². The van der Waals surface area contributed by atoms with Crippen LogP contribution in [0.2, 0.25) is 0 Å². The van der Waals surface area contributed by atoms with E-state index in [-0.39, 0.29) is 0 Å². The number of allylic oxidation sites excluding steroid dienone is 2. The Morgan fingerprint density at radius 2 is 1.12 bits per heavy atom. The summed E-state index contributed by atoms with van der Waals surface area (Å²) < 4.78 is 0. The molecule has 0 aromatic heterocycles. The molecule has 0 unspecified atom stereocenters. The Kier molecular flexibility index (Phi) is 5.97. The van der Waals surface area contributed by atoms with Crippen LogP contribution in [0.3, 0.4) is 0 Å². The maximum Gasteiger partial charge on any atom is 0.0249 e. The third kappa shape index (κ3) is 4.76. The fourth-order valence-electron chi connectivity index (χ4n) is 0.950. The van der Waals surface area contributed by atoms with Gasteiger partial charge in [0.2, 0.25) is 0 Å². The minimum atomic E-state index is 0.924. The van der Waals surface area contributed by atoms with Crippen LogP contribution in [-0.4, -0.2) is 0 Å². The van der Waals surface area contributed by atoms with Crippen molar-refractivity contribution in [3.8, 4) is 23.7 Å². The summed E-state index contributed by atoms with van der Waals surface area (Å²) in [6, 6.07) is 7.62. The highest BCUT2D eigenvalue weighted by molar-refractivity contribution is 6.25. The number of benzene rings is 1. The van der Waals surface area contributed by atoms with E-state index < -0.39 is 0 Å². The predicted molar refractivity (Wildman–Crippen MR) is 70.2 cm³/mol. The van der Waals surface area contributed by atoms with Crippen molar-refractivity contribution in [2.45, 2.75) is 0 Å². The zero-order chi connectivity index (χ0) is 11.6. The highest BCUT2D eigenvalue weighted by Crippen LogP contribution is 2.01. The molecule has 1 aromatic rings. The zero-order valence-corrected chi connectivity index (χ0v) is 9.89. The minimum absolute atomic E-state index is 0.924. The summed E-state index contributed by atoms with van der Waals surface area (Å²) in [5.41, 5.74) is 4.61. The first-order chi connectivity index (χ1) is 7.86. The van der Waals surface area contributed by atoms with Crippen molar-refractivity contribution in [2.75, 3.05) is 0 Å². The number of rotatable bonds is 0. The van der Waals surface area contributed by atoms with Gasteiger partial charge in [-0.3, -0.25) is 0 Å². The van der Waals surface area contributed by atoms with Gasteiger partial charge in [0.15, 0.2) is 0 Å². The Bertz CT molecular complexity index is 451. The van der Waals surface area contributed by atoms with Crippen molar-refractivity contribution in [3.63, 3.8) is 0 Å². The molecule has 0 bridgehead atoms. The van der Waals surface area contributed by atoms with Gasteiger partial charge in [0.25, 0.3) is 0 Å². The van der Waals surface area contributed by atoms with Crippen LogP contribution < -0.4 is 0 Å². The van der Waals surface area contributed by atoms with Crippen LogP contribution in [0, 0.1) is 23.7 Å². The molecule has 1 rings (SSSR count). The summed E-state index contributed by atoms with van der Waals surface area (Å²) in [7, 11) is 0. The van der Waals surface area contributed by atoms with Gasteiger partial charge in [-0.1, -0.05) is 46.9 Å². The van der Waals surface area contributed by atoms with Gasteiger partial charge in [-0.05, 0) is 36.4 Å². The van der Waals surface area contributed by atoms with Crippen molar-refractivity contribution in [2.24, 2.45) is 0 Å². The molecular weight excluding hydrogens is 239 g/mol. The SMILES string of the molecule is ClC=CC#Cc1ccc(C#CC=CCl)cc1. The zero-order valence-electron chi connectivity index (χ0n) is 8.37. The van der Waals surface area contributed by atoms with E-state index in [1.165, 1.54) is 11.1 Å². The van der Waals surface area contributed by atoms with Crippen LogP contribution in [0.1, 0.15) is 11.1 Å². The summed E-state index contributed by atoms with van der Waals surface area (Å²) >= 11 is 10.7. The van der Waals surface area contributed by atoms with Crippen LogP contribution in [0.15, 0.2) is 47.5 Å². The standard InChI is InChI=1S/C14H8Cl2/c15-11-3-1-5-13-7-9-14(10-8-13)6-2-4-12-16/h3-4,7-12H. The Morgan fingerprint density at radius 3 is 1.44 bits per heavy atom. The number of halogens is 2. The quantitative estimate of drug-likeness (QED) is 0.610. The summed E-state index contributed by atoms with van der Waals surface area (Å²) in [6.45, 7) is 0. The lowest BCUT2D eigenvalue weighted by Gasteiger charge is -1.90. The Labute approximate surface area is 106 Å². The van der Waals surface area contributed by atoms with Crippen molar-refractivity contribution < 1.29 is 0 Å². The molecule has 0 amide bonds. The Morgan fingerprint density at radius 1 is 0.750 bits per heavy atom. The lowest BCUT2D eigenvalue weighted by atomic mass is 10.1. The number of hydrogen-bond acceptors (Lipinski definition) is 0. The van der Waals surface area contributed by atoms with Crippen molar-refractivity contribution >= 4 is 23.2 Å². The predicted octanol–water partition coefficient (Wildman–Crippen LogP) is 3.89. The van der Waals surface area contributed by atoms with Crippen molar-refractivity contribution in [1.82, 2.24) is 0 Å². The Hall–Kier alpha value is -1.60. The molecule has 1 aromatic carbocycles. The first kappa shape index (κ1) is 12.5. The van der Waals surface area contributed by atoms with Crippen LogP contribution in [0.25, 0.3) is 0 Å². The molecule has 0 saturated carbocycles. The fourth-order valence-corrected chi connectivity index (χ4v) is 1.08. The molecule has 0 N–H and O–H groups in total. The van der Waals surface area contributed by atoms with E-state index in [0.717, 1.165) is 11.1 Å². The van der Waals surface area contributed by atoms with Gasteiger partial charge in [0, 0.05) is 22.2 Å². The summed E-state index contributed by atoms with van der Waals surface area (Å²) in [4.78, 5) is 0. The van der Waals surface area contributed by atoms with E-state index in [4.69, 9.17) is 23.2 Å². The monoisotopic (exact) mass is 246 g/mol. The lowest BCUT2D eigenvalue weighted by Crippen LogP contribution is -1.76. The van der Waals surface area contributed by atoms with Crippen LogP contribution in [-0.2, 0) is 0 Å². The first-order valence-corrected chi connectivity index (χ1v) is 5.37. The molecule has 0 aliphatic heterocycles. The molecular formula is C14H8Cl2. The minimum Gasteiger partial charge on any atom is -0.0923 e. The molecule has 0 saturated heterocycles. The van der Waals surface area contributed by atoms with Crippen LogP contribution in [0.4, 0.5) is 0 Å². The van der Waals surface area contributed by atoms with Crippen LogP contribution >= 0.6 is 23.2 Å². The lowest BCUT2D eigenvalue weighted by molar-refractivity contribution is 1.60.